The highest BCUT2D eigenvalue weighted by Gasteiger charge is 2.43. The van der Waals surface area contributed by atoms with Gasteiger partial charge in [0.15, 0.2) is 0 Å². The van der Waals surface area contributed by atoms with Crippen LogP contribution >= 0.6 is 0 Å². The van der Waals surface area contributed by atoms with Gasteiger partial charge < -0.3 is 14.4 Å². The number of fused-ring (bicyclic) bond motifs is 7. The molecule has 0 spiro atoms. The van der Waals surface area contributed by atoms with Crippen molar-refractivity contribution < 1.29 is 26.3 Å². The van der Waals surface area contributed by atoms with Crippen LogP contribution in [-0.2, 0) is 12.4 Å². The van der Waals surface area contributed by atoms with Crippen LogP contribution in [0.15, 0.2) is 200 Å². The number of anilines is 6. The van der Waals surface area contributed by atoms with Crippen LogP contribution in [-0.4, -0.2) is 11.3 Å². The van der Waals surface area contributed by atoms with E-state index in [4.69, 9.17) is 0 Å². The lowest BCUT2D eigenvalue weighted by Crippen LogP contribution is -2.61. The number of rotatable bonds is 5. The van der Waals surface area contributed by atoms with E-state index in [0.717, 1.165) is 61.5 Å². The normalized spacial score (nSPS) is 13.0. The molecule has 0 fully saturated rings. The van der Waals surface area contributed by atoms with Gasteiger partial charge in [0, 0.05) is 50.5 Å². The third-order valence-electron chi connectivity index (χ3n) is 13.2. The lowest BCUT2D eigenvalue weighted by molar-refractivity contribution is -0.143. The molecule has 2 aliphatic heterocycles. The Morgan fingerprint density at radius 1 is 0.412 bits per heavy atom. The van der Waals surface area contributed by atoms with Crippen molar-refractivity contribution in [2.75, 3.05) is 9.80 Å². The molecular weight excluding hydrogens is 865 g/mol. The van der Waals surface area contributed by atoms with Crippen LogP contribution in [0.4, 0.5) is 60.5 Å². The zero-order valence-electron chi connectivity index (χ0n) is 35.7. The molecule has 0 bridgehead atoms. The number of para-hydroxylation sites is 5. The van der Waals surface area contributed by atoms with Crippen molar-refractivity contribution in [2.45, 2.75) is 12.4 Å². The first kappa shape index (κ1) is 41.0. The van der Waals surface area contributed by atoms with Gasteiger partial charge >= 0.3 is 12.4 Å². The van der Waals surface area contributed by atoms with Crippen molar-refractivity contribution in [1.82, 2.24) is 4.57 Å². The van der Waals surface area contributed by atoms with Gasteiger partial charge in [0.1, 0.15) is 0 Å². The largest absolute Gasteiger partial charge is 0.416 e. The molecule has 0 atom stereocenters. The second-order valence-electron chi connectivity index (χ2n) is 17.0. The zero-order chi connectivity index (χ0) is 46.5. The minimum Gasteiger partial charge on any atom is -0.311 e. The Labute approximate surface area is 386 Å². The molecule has 0 saturated heterocycles. The van der Waals surface area contributed by atoms with Crippen LogP contribution in [0, 0.1) is 11.3 Å². The van der Waals surface area contributed by atoms with Crippen molar-refractivity contribution in [3.63, 3.8) is 0 Å². The number of hydrogen-bond acceptors (Lipinski definition) is 3. The fourth-order valence-corrected chi connectivity index (χ4v) is 10.3. The molecule has 4 nitrogen and oxygen atoms in total. The minimum absolute atomic E-state index is 0.0401. The number of halogens is 6. The van der Waals surface area contributed by atoms with Gasteiger partial charge in [-0.05, 0) is 136 Å². The number of nitrogens with zero attached hydrogens (tertiary/aromatic N) is 4. The lowest BCUT2D eigenvalue weighted by atomic mass is 9.33. The van der Waals surface area contributed by atoms with E-state index in [9.17, 15) is 31.6 Å². The highest BCUT2D eigenvalue weighted by molar-refractivity contribution is 7.00. The van der Waals surface area contributed by atoms with E-state index in [1.54, 1.807) is 6.07 Å². The predicted molar refractivity (Wildman–Crippen MR) is 260 cm³/mol. The quantitative estimate of drug-likeness (QED) is 0.128. The summed E-state index contributed by atoms with van der Waals surface area (Å²) in [4.78, 5) is 4.67. The molecule has 0 N–H and O–H groups in total. The lowest BCUT2D eigenvalue weighted by Gasteiger charge is -2.44. The van der Waals surface area contributed by atoms with Gasteiger partial charge in [0.25, 0.3) is 6.71 Å². The highest BCUT2D eigenvalue weighted by Crippen LogP contribution is 2.47. The van der Waals surface area contributed by atoms with Crippen LogP contribution in [0.3, 0.4) is 0 Å². The maximum Gasteiger partial charge on any atom is 0.416 e. The SMILES string of the molecule is N#Cc1ccc(-n2c3ccccc3c3cc(-c4cc5c6c(c4)N(c4ccccc4)c4ccccc4B6c4ccccc4N5c4ccccc4)ccc32)c(-c2cc(C(F)(F)F)cc(C(F)(F)F)c2)c1. The fraction of sp³-hybridized carbons (Fsp3) is 0.0351. The number of hydrogen-bond donors (Lipinski definition) is 0. The fourth-order valence-electron chi connectivity index (χ4n) is 10.3. The van der Waals surface area contributed by atoms with Crippen molar-refractivity contribution >= 4 is 79.0 Å². The minimum atomic E-state index is -5.06. The van der Waals surface area contributed by atoms with Crippen LogP contribution in [0.5, 0.6) is 0 Å². The molecule has 326 valence electrons. The molecular formula is C57H33BF6N4. The van der Waals surface area contributed by atoms with Gasteiger partial charge in [0.2, 0.25) is 0 Å². The van der Waals surface area contributed by atoms with E-state index in [1.165, 1.54) is 23.1 Å². The van der Waals surface area contributed by atoms with Gasteiger partial charge in [-0.15, -0.1) is 0 Å². The second-order valence-corrected chi connectivity index (χ2v) is 17.0. The summed E-state index contributed by atoms with van der Waals surface area (Å²) in [6.45, 7) is -0.0764. The average molecular weight is 899 g/mol. The van der Waals surface area contributed by atoms with Crippen molar-refractivity contribution in [3.8, 4) is 34.0 Å². The molecule has 12 rings (SSSR count). The van der Waals surface area contributed by atoms with Crippen LogP contribution < -0.4 is 26.2 Å². The Balaban J connectivity index is 1.11. The Morgan fingerprint density at radius 3 is 1.51 bits per heavy atom. The maximum atomic E-state index is 14.2. The van der Waals surface area contributed by atoms with Crippen LogP contribution in [0.2, 0.25) is 0 Å². The molecule has 3 heterocycles. The summed E-state index contributed by atoms with van der Waals surface area (Å²) in [5.41, 5.74) is 10.1. The first-order valence-corrected chi connectivity index (χ1v) is 21.9. The Morgan fingerprint density at radius 2 is 0.941 bits per heavy atom. The molecule has 11 heteroatoms. The van der Waals surface area contributed by atoms with Crippen molar-refractivity contribution in [2.24, 2.45) is 0 Å². The number of aromatic nitrogens is 1. The van der Waals surface area contributed by atoms with Gasteiger partial charge in [-0.3, -0.25) is 0 Å². The molecule has 2 aliphatic rings. The Bertz CT molecular complexity index is 3560. The molecule has 0 saturated carbocycles. The van der Waals surface area contributed by atoms with E-state index >= 15 is 0 Å². The van der Waals surface area contributed by atoms with Crippen molar-refractivity contribution in [3.05, 3.63) is 217 Å². The Hall–Kier alpha value is -8.49. The summed E-state index contributed by atoms with van der Waals surface area (Å²) in [7, 11) is 0. The number of nitriles is 1. The van der Waals surface area contributed by atoms with Gasteiger partial charge in [-0.1, -0.05) is 97.1 Å². The molecule has 0 radical (unpaired) electrons. The maximum absolute atomic E-state index is 14.2. The van der Waals surface area contributed by atoms with E-state index < -0.39 is 23.5 Å². The van der Waals surface area contributed by atoms with Crippen molar-refractivity contribution in [1.29, 1.82) is 5.26 Å². The zero-order valence-corrected chi connectivity index (χ0v) is 35.7. The summed E-state index contributed by atoms with van der Waals surface area (Å²) in [5.74, 6) is 0. The molecule has 9 aromatic carbocycles. The molecule has 68 heavy (non-hydrogen) atoms. The summed E-state index contributed by atoms with van der Waals surface area (Å²) in [5, 5.41) is 11.6. The topological polar surface area (TPSA) is 35.2 Å². The average Bonchev–Trinajstić information content (AvgIpc) is 3.69. The van der Waals surface area contributed by atoms with E-state index in [-0.39, 0.29) is 29.5 Å². The molecule has 0 aliphatic carbocycles. The molecule has 0 amide bonds. The summed E-state index contributed by atoms with van der Waals surface area (Å²) >= 11 is 0. The second kappa shape index (κ2) is 15.3. The van der Waals surface area contributed by atoms with Gasteiger partial charge in [0.05, 0.1) is 39.5 Å². The number of benzene rings is 9. The monoisotopic (exact) mass is 898 g/mol. The standard InChI is InChI=1S/C57H33BF6N4/c59-56(60,61)39-28-38(29-40(33-39)57(62,63)64)44-27-35(34-65)23-25-49(44)68-48-20-10-7-17-43(48)45-30-36(24-26-50(45)68)37-31-53-55-54(32-37)67(42-15-5-2-6-16-42)52-22-12-9-19-47(52)58(55)46-18-8-11-21-51(46)66(53)41-13-3-1-4-14-41/h1-33H. The third kappa shape index (κ3) is 6.47. The molecule has 0 unspecified atom stereocenters. The van der Waals surface area contributed by atoms with E-state index in [1.807, 2.05) is 83.4 Å². The van der Waals surface area contributed by atoms with E-state index in [2.05, 4.69) is 101 Å². The van der Waals surface area contributed by atoms with Crippen LogP contribution in [0.1, 0.15) is 16.7 Å². The van der Waals surface area contributed by atoms with Gasteiger partial charge in [-0.25, -0.2) is 0 Å². The Kier molecular flexibility index (Phi) is 9.22. The van der Waals surface area contributed by atoms with Crippen LogP contribution in [0.25, 0.3) is 49.7 Å². The van der Waals surface area contributed by atoms with E-state index in [0.29, 0.717) is 28.9 Å². The number of alkyl halides is 6. The molecule has 1 aromatic heterocycles. The summed E-state index contributed by atoms with van der Waals surface area (Å²) in [6.07, 6.45) is -10.1. The predicted octanol–water partition coefficient (Wildman–Crippen LogP) is 14.1. The smallest absolute Gasteiger partial charge is 0.311 e. The first-order valence-electron chi connectivity index (χ1n) is 21.9. The third-order valence-corrected chi connectivity index (χ3v) is 13.2. The molecule has 10 aromatic rings. The summed E-state index contributed by atoms with van der Waals surface area (Å²) < 4.78 is 87.3. The van der Waals surface area contributed by atoms with Gasteiger partial charge in [-0.2, -0.15) is 31.6 Å². The first-order chi connectivity index (χ1) is 33.0. The highest BCUT2D eigenvalue weighted by atomic mass is 19.4. The summed E-state index contributed by atoms with van der Waals surface area (Å²) in [6, 6.07) is 63.9.